The number of rotatable bonds is 5. The largest absolute Gasteiger partial charge is 0.340 e. The van der Waals surface area contributed by atoms with E-state index in [1.54, 1.807) is 24.3 Å². The first kappa shape index (κ1) is 22.0. The highest BCUT2D eigenvalue weighted by Gasteiger charge is 2.40. The average molecular weight is 414 g/mol. The van der Waals surface area contributed by atoms with E-state index in [2.05, 4.69) is 29.4 Å². The van der Waals surface area contributed by atoms with Crippen LogP contribution in [0.1, 0.15) is 49.9 Å². The number of benzene rings is 1. The molecule has 0 aromatic heterocycles. The monoisotopic (exact) mass is 413 g/mol. The third-order valence-corrected chi connectivity index (χ3v) is 5.58. The fourth-order valence-electron chi connectivity index (χ4n) is 4.06. The lowest BCUT2D eigenvalue weighted by molar-refractivity contribution is -0.136. The van der Waals surface area contributed by atoms with Crippen molar-refractivity contribution in [2.45, 2.75) is 57.7 Å². The van der Waals surface area contributed by atoms with Gasteiger partial charge in [-0.2, -0.15) is 0 Å². The van der Waals surface area contributed by atoms with Gasteiger partial charge in [-0.3, -0.25) is 9.59 Å². The summed E-state index contributed by atoms with van der Waals surface area (Å²) in [6.07, 6.45) is 3.74. The molecule has 27 heavy (non-hydrogen) atoms. The molecule has 2 N–H and O–H groups in total. The normalized spacial score (nSPS) is 22.7. The number of hydrogen-bond donors (Lipinski definition) is 2. The summed E-state index contributed by atoms with van der Waals surface area (Å²) in [5.41, 5.74) is 0.525. The Morgan fingerprint density at radius 2 is 1.85 bits per heavy atom. The SMILES string of the molecule is CC(C)CC(NC(=O)c1ccc(Cl)cc1)C(=O)N1C2CCNCC1CC2.Cl. The van der Waals surface area contributed by atoms with Crippen LogP contribution in [0, 0.1) is 5.92 Å². The smallest absolute Gasteiger partial charge is 0.251 e. The van der Waals surface area contributed by atoms with E-state index in [9.17, 15) is 9.59 Å². The molecular weight excluding hydrogens is 385 g/mol. The Balaban J connectivity index is 0.00000261. The molecule has 3 atom stereocenters. The van der Waals surface area contributed by atoms with Crippen LogP contribution in [0.25, 0.3) is 0 Å². The molecule has 2 aliphatic heterocycles. The van der Waals surface area contributed by atoms with E-state index < -0.39 is 6.04 Å². The van der Waals surface area contributed by atoms with Crippen molar-refractivity contribution in [3.05, 3.63) is 34.9 Å². The van der Waals surface area contributed by atoms with Gasteiger partial charge in [-0.25, -0.2) is 0 Å². The highest BCUT2D eigenvalue weighted by Crippen LogP contribution is 2.29. The van der Waals surface area contributed by atoms with Crippen LogP contribution in [0.5, 0.6) is 0 Å². The number of amides is 2. The van der Waals surface area contributed by atoms with E-state index >= 15 is 0 Å². The van der Waals surface area contributed by atoms with E-state index in [-0.39, 0.29) is 30.3 Å². The van der Waals surface area contributed by atoms with Gasteiger partial charge < -0.3 is 15.5 Å². The zero-order chi connectivity index (χ0) is 18.7. The van der Waals surface area contributed by atoms with E-state index in [0.717, 1.165) is 32.4 Å². The molecule has 2 aliphatic rings. The molecule has 7 heteroatoms. The summed E-state index contributed by atoms with van der Waals surface area (Å²) in [6, 6.07) is 6.82. The molecule has 0 saturated carbocycles. The second-order valence-electron chi connectivity index (χ2n) is 7.79. The van der Waals surface area contributed by atoms with Gasteiger partial charge in [-0.05, 0) is 62.4 Å². The van der Waals surface area contributed by atoms with Crippen molar-refractivity contribution in [1.29, 1.82) is 0 Å². The molecule has 0 aliphatic carbocycles. The lowest BCUT2D eigenvalue weighted by Gasteiger charge is -2.32. The zero-order valence-electron chi connectivity index (χ0n) is 15.9. The maximum atomic E-state index is 13.3. The van der Waals surface area contributed by atoms with Crippen LogP contribution in [-0.4, -0.2) is 47.9 Å². The summed E-state index contributed by atoms with van der Waals surface area (Å²) < 4.78 is 0. The van der Waals surface area contributed by atoms with Crippen LogP contribution in [-0.2, 0) is 4.79 Å². The molecule has 0 radical (unpaired) electrons. The molecule has 3 unspecified atom stereocenters. The first-order chi connectivity index (χ1) is 12.5. The van der Waals surface area contributed by atoms with Crippen LogP contribution in [0.4, 0.5) is 0 Å². The lowest BCUT2D eigenvalue weighted by Crippen LogP contribution is -2.53. The quantitative estimate of drug-likeness (QED) is 0.778. The number of fused-ring (bicyclic) bond motifs is 2. The molecule has 150 valence electrons. The van der Waals surface area contributed by atoms with Gasteiger partial charge in [0.25, 0.3) is 5.91 Å². The molecule has 3 rings (SSSR count). The van der Waals surface area contributed by atoms with Crippen molar-refractivity contribution in [3.8, 4) is 0 Å². The Kier molecular flexibility index (Phi) is 7.95. The topological polar surface area (TPSA) is 61.4 Å². The van der Waals surface area contributed by atoms with E-state index in [1.807, 2.05) is 0 Å². The molecule has 0 spiro atoms. The van der Waals surface area contributed by atoms with Gasteiger partial charge in [0, 0.05) is 29.2 Å². The van der Waals surface area contributed by atoms with Gasteiger partial charge in [0.15, 0.2) is 0 Å². The lowest BCUT2D eigenvalue weighted by atomic mass is 10.0. The maximum absolute atomic E-state index is 13.3. The summed E-state index contributed by atoms with van der Waals surface area (Å²) in [6.45, 7) is 5.96. The summed E-state index contributed by atoms with van der Waals surface area (Å²) in [7, 11) is 0. The molecule has 2 bridgehead atoms. The number of carbonyl (C=O) groups is 2. The maximum Gasteiger partial charge on any atom is 0.251 e. The van der Waals surface area contributed by atoms with Crippen LogP contribution >= 0.6 is 24.0 Å². The minimum atomic E-state index is -0.487. The molecule has 2 fully saturated rings. The standard InChI is InChI=1S/C20H28ClN3O2.ClH/c1-13(2)11-18(23-19(25)14-3-5-15(21)6-4-14)20(26)24-16-7-8-17(24)12-22-10-9-16;/h3-6,13,16-18,22H,7-12H2,1-2H3,(H,23,25);1H. The van der Waals surface area contributed by atoms with E-state index in [1.165, 1.54) is 0 Å². The minimum Gasteiger partial charge on any atom is -0.340 e. The van der Waals surface area contributed by atoms with Gasteiger partial charge >= 0.3 is 0 Å². The fourth-order valence-corrected chi connectivity index (χ4v) is 4.18. The second-order valence-corrected chi connectivity index (χ2v) is 8.22. The van der Waals surface area contributed by atoms with Crippen LogP contribution in [0.3, 0.4) is 0 Å². The molecule has 2 saturated heterocycles. The molecule has 5 nitrogen and oxygen atoms in total. The van der Waals surface area contributed by atoms with Gasteiger partial charge in [0.05, 0.1) is 0 Å². The summed E-state index contributed by atoms with van der Waals surface area (Å²) >= 11 is 5.90. The number of nitrogens with one attached hydrogen (secondary N) is 2. The molecule has 2 amide bonds. The Morgan fingerprint density at radius 3 is 2.52 bits per heavy atom. The molecule has 2 heterocycles. The van der Waals surface area contributed by atoms with Gasteiger partial charge in [-0.1, -0.05) is 25.4 Å². The van der Waals surface area contributed by atoms with Crippen molar-refractivity contribution < 1.29 is 9.59 Å². The Morgan fingerprint density at radius 1 is 1.19 bits per heavy atom. The highest BCUT2D eigenvalue weighted by atomic mass is 35.5. The number of nitrogens with zero attached hydrogens (tertiary/aromatic N) is 1. The van der Waals surface area contributed by atoms with Gasteiger partial charge in [0.2, 0.25) is 5.91 Å². The Hall–Kier alpha value is -1.30. The Labute approximate surface area is 172 Å². The van der Waals surface area contributed by atoms with E-state index in [0.29, 0.717) is 29.0 Å². The zero-order valence-corrected chi connectivity index (χ0v) is 17.5. The van der Waals surface area contributed by atoms with Crippen molar-refractivity contribution in [3.63, 3.8) is 0 Å². The highest BCUT2D eigenvalue weighted by molar-refractivity contribution is 6.30. The predicted molar refractivity (Wildman–Crippen MR) is 111 cm³/mol. The average Bonchev–Trinajstić information content (AvgIpc) is 2.86. The fraction of sp³-hybridized carbons (Fsp3) is 0.600. The van der Waals surface area contributed by atoms with Gasteiger partial charge in [0.1, 0.15) is 6.04 Å². The second kappa shape index (κ2) is 9.76. The number of hydrogen-bond acceptors (Lipinski definition) is 3. The first-order valence-electron chi connectivity index (χ1n) is 9.55. The summed E-state index contributed by atoms with van der Waals surface area (Å²) in [5.74, 6) is 0.162. The van der Waals surface area contributed by atoms with E-state index in [4.69, 9.17) is 11.6 Å². The van der Waals surface area contributed by atoms with Crippen LogP contribution < -0.4 is 10.6 Å². The van der Waals surface area contributed by atoms with Crippen LogP contribution in [0.15, 0.2) is 24.3 Å². The molecule has 1 aromatic carbocycles. The third-order valence-electron chi connectivity index (χ3n) is 5.33. The van der Waals surface area contributed by atoms with Crippen molar-refractivity contribution in [2.24, 2.45) is 5.92 Å². The van der Waals surface area contributed by atoms with Crippen molar-refractivity contribution in [1.82, 2.24) is 15.5 Å². The number of carbonyl (C=O) groups excluding carboxylic acids is 2. The molecular formula is C20H29Cl2N3O2. The number of halogens is 2. The third kappa shape index (κ3) is 5.37. The summed E-state index contributed by atoms with van der Waals surface area (Å²) in [5, 5.41) is 6.99. The minimum absolute atomic E-state index is 0. The summed E-state index contributed by atoms with van der Waals surface area (Å²) in [4.78, 5) is 28.0. The Bertz CT molecular complexity index is 637. The van der Waals surface area contributed by atoms with Gasteiger partial charge in [-0.15, -0.1) is 12.4 Å². The van der Waals surface area contributed by atoms with Crippen molar-refractivity contribution >= 4 is 35.8 Å². The van der Waals surface area contributed by atoms with Crippen molar-refractivity contribution in [2.75, 3.05) is 13.1 Å². The first-order valence-corrected chi connectivity index (χ1v) is 9.93. The van der Waals surface area contributed by atoms with Crippen LogP contribution in [0.2, 0.25) is 5.02 Å². The molecule has 1 aromatic rings. The predicted octanol–water partition coefficient (Wildman–Crippen LogP) is 3.26.